The molecular weight excluding hydrogens is 346 g/mol. The van der Waals surface area contributed by atoms with Gasteiger partial charge in [-0.15, -0.1) is 11.3 Å². The van der Waals surface area contributed by atoms with E-state index in [1.807, 2.05) is 23.5 Å². The smallest absolute Gasteiger partial charge is 0.118 e. The van der Waals surface area contributed by atoms with Gasteiger partial charge in [-0.3, -0.25) is 0 Å². The molecule has 0 fully saturated rings. The van der Waals surface area contributed by atoms with Crippen molar-refractivity contribution < 1.29 is 4.74 Å². The third kappa shape index (κ3) is 3.68. The van der Waals surface area contributed by atoms with Crippen LogP contribution in [-0.2, 0) is 12.8 Å². The van der Waals surface area contributed by atoms with Crippen molar-refractivity contribution in [2.45, 2.75) is 31.7 Å². The highest BCUT2D eigenvalue weighted by atomic mass is 79.9. The highest BCUT2D eigenvalue weighted by Gasteiger charge is 2.21. The summed E-state index contributed by atoms with van der Waals surface area (Å²) in [6.45, 7) is 1.02. The monoisotopic (exact) mass is 365 g/mol. The summed E-state index contributed by atoms with van der Waals surface area (Å²) in [6.07, 6.45) is 4.84. The summed E-state index contributed by atoms with van der Waals surface area (Å²) in [7, 11) is 1.70. The maximum absolute atomic E-state index is 5.19. The van der Waals surface area contributed by atoms with Crippen LogP contribution < -0.4 is 10.1 Å². The molecule has 1 aliphatic rings. The molecule has 1 unspecified atom stereocenters. The zero-order chi connectivity index (χ0) is 14.7. The van der Waals surface area contributed by atoms with Gasteiger partial charge in [0.05, 0.1) is 10.9 Å². The van der Waals surface area contributed by atoms with Crippen LogP contribution in [-0.4, -0.2) is 13.7 Å². The van der Waals surface area contributed by atoms with E-state index in [-0.39, 0.29) is 0 Å². The van der Waals surface area contributed by atoms with Gasteiger partial charge in [0, 0.05) is 10.9 Å². The van der Waals surface area contributed by atoms with E-state index in [4.69, 9.17) is 4.74 Å². The molecule has 1 aromatic heterocycles. The molecule has 112 valence electrons. The van der Waals surface area contributed by atoms with E-state index in [0.717, 1.165) is 18.7 Å². The molecule has 4 heteroatoms. The number of hydrogen-bond acceptors (Lipinski definition) is 3. The number of aryl methyl sites for hydroxylation is 1. The molecule has 2 nitrogen and oxygen atoms in total. The fourth-order valence-electron chi connectivity index (χ4n) is 2.92. The van der Waals surface area contributed by atoms with Crippen molar-refractivity contribution in [1.29, 1.82) is 0 Å². The molecule has 1 aliphatic carbocycles. The van der Waals surface area contributed by atoms with Gasteiger partial charge >= 0.3 is 0 Å². The van der Waals surface area contributed by atoms with Gasteiger partial charge in [0.25, 0.3) is 0 Å². The molecule has 1 atom stereocenters. The fraction of sp³-hybridized carbons (Fsp3) is 0.412. The minimum Gasteiger partial charge on any atom is -0.497 e. The van der Waals surface area contributed by atoms with E-state index in [1.54, 1.807) is 12.0 Å². The molecule has 2 aromatic rings. The predicted octanol–water partition coefficient (Wildman–Crippen LogP) is 4.73. The number of methoxy groups -OCH3 is 1. The lowest BCUT2D eigenvalue weighted by Gasteiger charge is -2.23. The SMILES string of the molecule is COc1ccc(CCNC2CCCc3sc(Br)cc32)cc1. The summed E-state index contributed by atoms with van der Waals surface area (Å²) in [5, 5.41) is 3.72. The fourth-order valence-corrected chi connectivity index (χ4v) is 4.74. The van der Waals surface area contributed by atoms with Crippen LogP contribution in [0.25, 0.3) is 0 Å². The molecule has 0 spiro atoms. The van der Waals surface area contributed by atoms with E-state index in [1.165, 1.54) is 34.2 Å². The second-order valence-electron chi connectivity index (χ2n) is 5.43. The van der Waals surface area contributed by atoms with E-state index in [2.05, 4.69) is 39.4 Å². The van der Waals surface area contributed by atoms with Crippen LogP contribution in [0.15, 0.2) is 34.1 Å². The standard InChI is InChI=1S/C17H20BrNOS/c1-20-13-7-5-12(6-8-13)9-10-19-15-3-2-4-16-14(15)11-17(18)21-16/h5-8,11,15,19H,2-4,9-10H2,1H3. The van der Waals surface area contributed by atoms with Crippen LogP contribution in [0.4, 0.5) is 0 Å². The molecule has 0 saturated carbocycles. The minimum atomic E-state index is 0.523. The molecule has 0 bridgehead atoms. The van der Waals surface area contributed by atoms with Crippen LogP contribution in [0.5, 0.6) is 5.75 Å². The molecule has 0 amide bonds. The normalized spacial score (nSPS) is 17.5. The Kier molecular flexibility index (Phi) is 4.99. The summed E-state index contributed by atoms with van der Waals surface area (Å²) >= 11 is 5.51. The summed E-state index contributed by atoms with van der Waals surface area (Å²) < 4.78 is 6.45. The van der Waals surface area contributed by atoms with E-state index in [0.29, 0.717) is 6.04 Å². The Morgan fingerprint density at radius 2 is 2.14 bits per heavy atom. The highest BCUT2D eigenvalue weighted by molar-refractivity contribution is 9.11. The van der Waals surface area contributed by atoms with Crippen LogP contribution in [0.3, 0.4) is 0 Å². The Balaban J connectivity index is 1.56. The van der Waals surface area contributed by atoms with E-state index < -0.39 is 0 Å². The number of ether oxygens (including phenoxy) is 1. The van der Waals surface area contributed by atoms with Crippen molar-refractivity contribution in [3.05, 3.63) is 50.1 Å². The summed E-state index contributed by atoms with van der Waals surface area (Å²) in [6, 6.07) is 11.2. The lowest BCUT2D eigenvalue weighted by molar-refractivity contribution is 0.414. The first-order valence-electron chi connectivity index (χ1n) is 7.40. The number of benzene rings is 1. The molecule has 0 aliphatic heterocycles. The molecule has 1 N–H and O–H groups in total. The van der Waals surface area contributed by atoms with Gasteiger partial charge in [0.1, 0.15) is 5.75 Å². The van der Waals surface area contributed by atoms with Crippen LogP contribution in [0, 0.1) is 0 Å². The Morgan fingerprint density at radius 1 is 1.33 bits per heavy atom. The Hall–Kier alpha value is -0.840. The van der Waals surface area contributed by atoms with Crippen LogP contribution in [0.1, 0.15) is 34.9 Å². The zero-order valence-corrected chi connectivity index (χ0v) is 14.6. The van der Waals surface area contributed by atoms with Crippen molar-refractivity contribution >= 4 is 27.3 Å². The summed E-state index contributed by atoms with van der Waals surface area (Å²) in [4.78, 5) is 1.55. The summed E-state index contributed by atoms with van der Waals surface area (Å²) in [5.74, 6) is 0.923. The number of fused-ring (bicyclic) bond motifs is 1. The van der Waals surface area contributed by atoms with Crippen LogP contribution in [0.2, 0.25) is 0 Å². The number of rotatable bonds is 5. The topological polar surface area (TPSA) is 21.3 Å². The third-order valence-corrected chi connectivity index (χ3v) is 5.76. The molecule has 1 aromatic carbocycles. The van der Waals surface area contributed by atoms with Gasteiger partial charge < -0.3 is 10.1 Å². The first kappa shape index (κ1) is 15.1. The number of halogens is 1. The molecular formula is C17H20BrNOS. The van der Waals surface area contributed by atoms with Gasteiger partial charge in [0.15, 0.2) is 0 Å². The number of nitrogens with one attached hydrogen (secondary N) is 1. The highest BCUT2D eigenvalue weighted by Crippen LogP contribution is 2.37. The maximum atomic E-state index is 5.19. The van der Waals surface area contributed by atoms with Gasteiger partial charge in [0.2, 0.25) is 0 Å². The largest absolute Gasteiger partial charge is 0.497 e. The number of hydrogen-bond donors (Lipinski definition) is 1. The van der Waals surface area contributed by atoms with Crippen molar-refractivity contribution in [2.75, 3.05) is 13.7 Å². The first-order chi connectivity index (χ1) is 10.3. The minimum absolute atomic E-state index is 0.523. The van der Waals surface area contributed by atoms with Gasteiger partial charge in [-0.25, -0.2) is 0 Å². The molecule has 1 heterocycles. The van der Waals surface area contributed by atoms with Crippen molar-refractivity contribution in [1.82, 2.24) is 5.32 Å². The molecule has 0 saturated heterocycles. The van der Waals surface area contributed by atoms with Gasteiger partial charge in [-0.1, -0.05) is 12.1 Å². The first-order valence-corrected chi connectivity index (χ1v) is 9.01. The Bertz CT molecular complexity index is 593. The third-order valence-electron chi connectivity index (χ3n) is 4.05. The lowest BCUT2D eigenvalue weighted by atomic mass is 9.94. The van der Waals surface area contributed by atoms with Crippen molar-refractivity contribution in [2.24, 2.45) is 0 Å². The zero-order valence-electron chi connectivity index (χ0n) is 12.2. The predicted molar refractivity (Wildman–Crippen MR) is 92.4 cm³/mol. The average Bonchev–Trinajstić information content (AvgIpc) is 2.89. The van der Waals surface area contributed by atoms with Crippen molar-refractivity contribution in [3.63, 3.8) is 0 Å². The second kappa shape index (κ2) is 6.95. The Morgan fingerprint density at radius 3 is 2.90 bits per heavy atom. The lowest BCUT2D eigenvalue weighted by Crippen LogP contribution is -2.26. The quantitative estimate of drug-likeness (QED) is 0.826. The summed E-state index contributed by atoms with van der Waals surface area (Å²) in [5.41, 5.74) is 2.86. The molecule has 21 heavy (non-hydrogen) atoms. The van der Waals surface area contributed by atoms with Crippen molar-refractivity contribution in [3.8, 4) is 5.75 Å². The van der Waals surface area contributed by atoms with Gasteiger partial charge in [-0.05, 0) is 77.5 Å². The second-order valence-corrected chi connectivity index (χ2v) is 7.94. The molecule has 3 rings (SSSR count). The van der Waals surface area contributed by atoms with E-state index >= 15 is 0 Å². The maximum Gasteiger partial charge on any atom is 0.118 e. The van der Waals surface area contributed by atoms with Crippen LogP contribution >= 0.6 is 27.3 Å². The number of thiophene rings is 1. The van der Waals surface area contributed by atoms with Gasteiger partial charge in [-0.2, -0.15) is 0 Å². The molecule has 0 radical (unpaired) electrons. The average molecular weight is 366 g/mol. The van der Waals surface area contributed by atoms with E-state index in [9.17, 15) is 0 Å². The Labute approximate surface area is 138 Å².